The van der Waals surface area contributed by atoms with E-state index >= 15 is 0 Å². The smallest absolute Gasteiger partial charge is 0.332 e. The third-order valence-electron chi connectivity index (χ3n) is 5.47. The summed E-state index contributed by atoms with van der Waals surface area (Å²) in [5, 5.41) is 0. The Kier molecular flexibility index (Phi) is 4.11. The van der Waals surface area contributed by atoms with Crippen molar-refractivity contribution < 1.29 is 28.5 Å². The summed E-state index contributed by atoms with van der Waals surface area (Å²) < 4.78 is 22.8. The first-order chi connectivity index (χ1) is 12.5. The summed E-state index contributed by atoms with van der Waals surface area (Å²) >= 11 is 0. The Bertz CT molecular complexity index is 762. The van der Waals surface area contributed by atoms with Crippen LogP contribution in [0.1, 0.15) is 19.3 Å². The van der Waals surface area contributed by atoms with Crippen molar-refractivity contribution in [1.29, 1.82) is 0 Å². The molecule has 4 unspecified atom stereocenters. The van der Waals surface area contributed by atoms with Gasteiger partial charge >= 0.3 is 11.9 Å². The molecule has 3 heterocycles. The molecular formula is C19H21NO6. The van der Waals surface area contributed by atoms with Gasteiger partial charge in [-0.1, -0.05) is 6.07 Å². The van der Waals surface area contributed by atoms with Crippen molar-refractivity contribution in [1.82, 2.24) is 4.90 Å². The highest BCUT2D eigenvalue weighted by molar-refractivity contribution is 5.92. The molecule has 138 valence electrons. The number of hydrogen-bond acceptors (Lipinski definition) is 7. The van der Waals surface area contributed by atoms with E-state index in [1.165, 1.54) is 0 Å². The van der Waals surface area contributed by atoms with Gasteiger partial charge in [-0.15, -0.1) is 0 Å². The fourth-order valence-electron chi connectivity index (χ4n) is 4.17. The Morgan fingerprint density at radius 3 is 2.77 bits per heavy atom. The van der Waals surface area contributed by atoms with E-state index in [1.807, 2.05) is 30.1 Å². The van der Waals surface area contributed by atoms with Crippen molar-refractivity contribution in [2.75, 3.05) is 14.2 Å². The predicted molar refractivity (Wildman–Crippen MR) is 90.7 cm³/mol. The van der Waals surface area contributed by atoms with Crippen molar-refractivity contribution in [2.24, 2.45) is 0 Å². The van der Waals surface area contributed by atoms with Gasteiger partial charge < -0.3 is 18.9 Å². The molecule has 0 amide bonds. The zero-order valence-corrected chi connectivity index (χ0v) is 14.7. The van der Waals surface area contributed by atoms with Crippen molar-refractivity contribution >= 4 is 11.9 Å². The Labute approximate surface area is 151 Å². The van der Waals surface area contributed by atoms with Crippen LogP contribution in [0.5, 0.6) is 11.5 Å². The Morgan fingerprint density at radius 1 is 1.19 bits per heavy atom. The molecular weight excluding hydrogens is 338 g/mol. The van der Waals surface area contributed by atoms with Gasteiger partial charge in [-0.05, 0) is 25.6 Å². The topological polar surface area (TPSA) is 74.3 Å². The first-order valence-electron chi connectivity index (χ1n) is 8.67. The standard InChI is InChI=1S/C19H21NO6/c1-20-12-8-9-19(20)18(25-16(21)6-7-17(22)26-19)15(10-12)24-14-5-3-4-13(11-14)23-2/h3-7,11-12,15,18H,8-10H2,1-2H3/b7-6+. The molecule has 2 bridgehead atoms. The van der Waals surface area contributed by atoms with Gasteiger partial charge in [-0.25, -0.2) is 9.59 Å². The van der Waals surface area contributed by atoms with Gasteiger partial charge in [0.2, 0.25) is 5.72 Å². The lowest BCUT2D eigenvalue weighted by Crippen LogP contribution is -2.66. The zero-order valence-electron chi connectivity index (χ0n) is 14.7. The number of rotatable bonds is 3. The molecule has 3 aliphatic heterocycles. The second-order valence-corrected chi connectivity index (χ2v) is 6.83. The molecule has 4 rings (SSSR count). The first-order valence-corrected chi connectivity index (χ1v) is 8.67. The lowest BCUT2D eigenvalue weighted by molar-refractivity contribution is -0.239. The Balaban J connectivity index is 1.68. The molecule has 4 atom stereocenters. The number of methoxy groups -OCH3 is 1. The molecule has 0 saturated carbocycles. The number of carbonyl (C=O) groups is 2. The lowest BCUT2D eigenvalue weighted by atomic mass is 9.93. The maximum absolute atomic E-state index is 12.1. The fourth-order valence-corrected chi connectivity index (χ4v) is 4.17. The van der Waals surface area contributed by atoms with Crippen LogP contribution in [0.4, 0.5) is 0 Å². The van der Waals surface area contributed by atoms with Crippen LogP contribution in [0, 0.1) is 0 Å². The highest BCUT2D eigenvalue weighted by atomic mass is 16.6. The number of benzene rings is 1. The number of ether oxygens (including phenoxy) is 4. The minimum atomic E-state index is -0.996. The van der Waals surface area contributed by atoms with Gasteiger partial charge in [0.1, 0.15) is 17.6 Å². The van der Waals surface area contributed by atoms with Gasteiger partial charge in [-0.3, -0.25) is 4.90 Å². The number of hydrogen-bond donors (Lipinski definition) is 0. The lowest BCUT2D eigenvalue weighted by Gasteiger charge is -2.49. The van der Waals surface area contributed by atoms with Crippen molar-refractivity contribution in [3.05, 3.63) is 36.4 Å². The summed E-state index contributed by atoms with van der Waals surface area (Å²) in [6.07, 6.45) is 3.20. The Hall–Kier alpha value is -2.54. The number of piperidine rings is 1. The maximum Gasteiger partial charge on any atom is 0.332 e. The van der Waals surface area contributed by atoms with Crippen LogP contribution in [-0.2, 0) is 19.1 Å². The average Bonchev–Trinajstić information content (AvgIpc) is 2.84. The molecule has 26 heavy (non-hydrogen) atoms. The molecule has 1 aromatic rings. The molecule has 7 heteroatoms. The maximum atomic E-state index is 12.1. The molecule has 2 fully saturated rings. The van der Waals surface area contributed by atoms with Crippen LogP contribution in [-0.4, -0.2) is 55.0 Å². The van der Waals surface area contributed by atoms with E-state index in [9.17, 15) is 9.59 Å². The summed E-state index contributed by atoms with van der Waals surface area (Å²) in [7, 11) is 3.49. The van der Waals surface area contributed by atoms with E-state index in [0.29, 0.717) is 24.3 Å². The molecule has 3 aliphatic rings. The minimum Gasteiger partial charge on any atom is -0.497 e. The van der Waals surface area contributed by atoms with Crippen molar-refractivity contribution in [2.45, 2.75) is 43.2 Å². The van der Waals surface area contributed by atoms with E-state index in [0.717, 1.165) is 18.6 Å². The molecule has 1 aromatic carbocycles. The molecule has 0 N–H and O–H groups in total. The normalized spacial score (nSPS) is 34.8. The molecule has 7 nitrogen and oxygen atoms in total. The predicted octanol–water partition coefficient (Wildman–Crippen LogP) is 1.66. The third kappa shape index (κ3) is 2.72. The zero-order chi connectivity index (χ0) is 18.3. The van der Waals surface area contributed by atoms with Crippen LogP contribution in [0.2, 0.25) is 0 Å². The van der Waals surface area contributed by atoms with Gasteiger partial charge in [0.05, 0.1) is 7.11 Å². The summed E-state index contributed by atoms with van der Waals surface area (Å²) in [6, 6.07) is 7.46. The second-order valence-electron chi connectivity index (χ2n) is 6.83. The van der Waals surface area contributed by atoms with Gasteiger partial charge in [0.15, 0.2) is 6.10 Å². The highest BCUT2D eigenvalue weighted by Crippen LogP contribution is 2.47. The summed E-state index contributed by atoms with van der Waals surface area (Å²) in [6.45, 7) is 0. The number of fused-ring (bicyclic) bond motifs is 1. The SMILES string of the molecule is COc1cccc(OC2CC3CCC4(OC(=O)/C=C/C(=O)OC24)N3C)c1. The monoisotopic (exact) mass is 359 g/mol. The molecule has 0 aromatic heterocycles. The summed E-state index contributed by atoms with van der Waals surface area (Å²) in [5.74, 6) is 0.191. The van der Waals surface area contributed by atoms with Crippen molar-refractivity contribution in [3.8, 4) is 11.5 Å². The second kappa shape index (κ2) is 6.32. The molecule has 1 spiro atoms. The first kappa shape index (κ1) is 16.9. The Morgan fingerprint density at radius 2 is 1.96 bits per heavy atom. The molecule has 2 saturated heterocycles. The molecule has 0 aliphatic carbocycles. The van der Waals surface area contributed by atoms with Crippen LogP contribution in [0.3, 0.4) is 0 Å². The number of carbonyl (C=O) groups excluding carboxylic acids is 2. The highest BCUT2D eigenvalue weighted by Gasteiger charge is 2.62. The largest absolute Gasteiger partial charge is 0.497 e. The van der Waals surface area contributed by atoms with Gasteiger partial charge in [-0.2, -0.15) is 0 Å². The quantitative estimate of drug-likeness (QED) is 0.760. The van der Waals surface area contributed by atoms with Crippen molar-refractivity contribution in [3.63, 3.8) is 0 Å². The summed E-state index contributed by atoms with van der Waals surface area (Å²) in [5.41, 5.74) is -0.996. The van der Waals surface area contributed by atoms with Crippen LogP contribution in [0.15, 0.2) is 36.4 Å². The molecule has 0 radical (unpaired) electrons. The van der Waals surface area contributed by atoms with E-state index in [4.69, 9.17) is 18.9 Å². The number of esters is 2. The van der Waals surface area contributed by atoms with E-state index in [-0.39, 0.29) is 6.04 Å². The number of nitrogens with zero attached hydrogens (tertiary/aromatic N) is 1. The number of likely N-dealkylation sites (N-methyl/N-ethyl adjacent to an activating group) is 1. The van der Waals surface area contributed by atoms with E-state index in [1.54, 1.807) is 13.2 Å². The van der Waals surface area contributed by atoms with Crippen LogP contribution < -0.4 is 9.47 Å². The summed E-state index contributed by atoms with van der Waals surface area (Å²) in [4.78, 5) is 26.2. The average molecular weight is 359 g/mol. The van der Waals surface area contributed by atoms with Crippen LogP contribution >= 0.6 is 0 Å². The van der Waals surface area contributed by atoms with E-state index < -0.39 is 29.9 Å². The fraction of sp³-hybridized carbons (Fsp3) is 0.474. The van der Waals surface area contributed by atoms with E-state index in [2.05, 4.69) is 0 Å². The van der Waals surface area contributed by atoms with Crippen LogP contribution in [0.25, 0.3) is 0 Å². The van der Waals surface area contributed by atoms with Gasteiger partial charge in [0, 0.05) is 37.1 Å². The van der Waals surface area contributed by atoms with Gasteiger partial charge in [0.25, 0.3) is 0 Å². The minimum absolute atomic E-state index is 0.191. The third-order valence-corrected chi connectivity index (χ3v) is 5.47.